The van der Waals surface area contributed by atoms with Crippen LogP contribution in [0.1, 0.15) is 28.8 Å². The first kappa shape index (κ1) is 11.7. The van der Waals surface area contributed by atoms with Gasteiger partial charge in [0.05, 0.1) is 14.2 Å². The van der Waals surface area contributed by atoms with Gasteiger partial charge in [-0.15, -0.1) is 0 Å². The topological polar surface area (TPSA) is 81.8 Å². The summed E-state index contributed by atoms with van der Waals surface area (Å²) in [5.74, 6) is -0.257. The van der Waals surface area contributed by atoms with E-state index in [0.717, 1.165) is 18.4 Å². The number of esters is 1. The lowest BCUT2D eigenvalue weighted by molar-refractivity contribution is 0.0597. The summed E-state index contributed by atoms with van der Waals surface area (Å²) >= 11 is 0. The Bertz CT molecular complexity index is 466. The van der Waals surface area contributed by atoms with E-state index in [-0.39, 0.29) is 11.3 Å². The fourth-order valence-corrected chi connectivity index (χ4v) is 1.80. The molecule has 92 valence electrons. The molecule has 5 nitrogen and oxygen atoms in total. The number of methoxy groups -OCH3 is 2. The van der Waals surface area contributed by atoms with Gasteiger partial charge in [0.1, 0.15) is 17.1 Å². The van der Waals surface area contributed by atoms with Gasteiger partial charge in [-0.05, 0) is 18.9 Å². The third kappa shape index (κ3) is 1.93. The van der Waals surface area contributed by atoms with Crippen LogP contribution >= 0.6 is 0 Å². The molecule has 1 aliphatic carbocycles. The van der Waals surface area contributed by atoms with Crippen molar-refractivity contribution in [1.29, 1.82) is 0 Å². The molecule has 1 aromatic rings. The van der Waals surface area contributed by atoms with E-state index in [2.05, 4.69) is 4.74 Å². The summed E-state index contributed by atoms with van der Waals surface area (Å²) < 4.78 is 9.77. The fraction of sp³-hybridized carbons (Fsp3) is 0.417. The summed E-state index contributed by atoms with van der Waals surface area (Å²) in [6.07, 6.45) is 1.68. The second-order valence-corrected chi connectivity index (χ2v) is 4.22. The minimum Gasteiger partial charge on any atom is -0.507 e. The fourth-order valence-electron chi connectivity index (χ4n) is 1.80. The number of hydrogen-bond acceptors (Lipinski definition) is 5. The van der Waals surface area contributed by atoms with Crippen LogP contribution in [0.5, 0.6) is 11.5 Å². The predicted molar refractivity (Wildman–Crippen MR) is 61.1 cm³/mol. The summed E-state index contributed by atoms with van der Waals surface area (Å²) in [5, 5.41) is 9.71. The lowest BCUT2D eigenvalue weighted by Gasteiger charge is -2.16. The maximum Gasteiger partial charge on any atom is 0.341 e. The van der Waals surface area contributed by atoms with Crippen LogP contribution in [0.4, 0.5) is 0 Å². The number of benzene rings is 1. The molecule has 0 spiro atoms. The van der Waals surface area contributed by atoms with E-state index < -0.39 is 11.5 Å². The van der Waals surface area contributed by atoms with Crippen LogP contribution < -0.4 is 10.5 Å². The minimum atomic E-state index is -0.587. The van der Waals surface area contributed by atoms with Gasteiger partial charge in [-0.2, -0.15) is 0 Å². The van der Waals surface area contributed by atoms with E-state index >= 15 is 0 Å². The summed E-state index contributed by atoms with van der Waals surface area (Å²) in [7, 11) is 2.77. The number of aromatic hydroxyl groups is 1. The van der Waals surface area contributed by atoms with Crippen molar-refractivity contribution >= 4 is 5.97 Å². The van der Waals surface area contributed by atoms with Gasteiger partial charge in [-0.25, -0.2) is 4.79 Å². The Morgan fingerprint density at radius 1 is 1.41 bits per heavy atom. The Morgan fingerprint density at radius 2 is 2.06 bits per heavy atom. The highest BCUT2D eigenvalue weighted by molar-refractivity contribution is 5.93. The van der Waals surface area contributed by atoms with Crippen molar-refractivity contribution in [2.24, 2.45) is 5.73 Å². The van der Waals surface area contributed by atoms with Crippen molar-refractivity contribution < 1.29 is 19.4 Å². The van der Waals surface area contributed by atoms with Crippen LogP contribution in [0.2, 0.25) is 0 Å². The second-order valence-electron chi connectivity index (χ2n) is 4.22. The molecular weight excluding hydrogens is 222 g/mol. The van der Waals surface area contributed by atoms with Crippen LogP contribution in [0.25, 0.3) is 0 Å². The molecule has 0 saturated heterocycles. The zero-order valence-electron chi connectivity index (χ0n) is 9.82. The van der Waals surface area contributed by atoms with Gasteiger partial charge in [-0.3, -0.25) is 0 Å². The maximum atomic E-state index is 11.5. The monoisotopic (exact) mass is 237 g/mol. The first-order valence-corrected chi connectivity index (χ1v) is 5.30. The average Bonchev–Trinajstić information content (AvgIpc) is 3.06. The molecule has 0 atom stereocenters. The molecule has 1 aromatic carbocycles. The molecule has 0 amide bonds. The van der Waals surface area contributed by atoms with Gasteiger partial charge < -0.3 is 20.3 Å². The normalized spacial score (nSPS) is 16.4. The first-order valence-electron chi connectivity index (χ1n) is 5.30. The molecule has 1 saturated carbocycles. The van der Waals surface area contributed by atoms with Crippen molar-refractivity contribution in [2.75, 3.05) is 14.2 Å². The molecule has 0 heterocycles. The first-order chi connectivity index (χ1) is 8.01. The molecule has 0 aromatic heterocycles. The van der Waals surface area contributed by atoms with Gasteiger partial charge >= 0.3 is 5.97 Å². The van der Waals surface area contributed by atoms with E-state index in [1.165, 1.54) is 20.3 Å². The van der Waals surface area contributed by atoms with Crippen molar-refractivity contribution in [3.05, 3.63) is 23.3 Å². The lowest BCUT2D eigenvalue weighted by Crippen LogP contribution is -2.20. The Labute approximate surface area is 99.1 Å². The molecule has 0 unspecified atom stereocenters. The zero-order valence-corrected chi connectivity index (χ0v) is 9.82. The lowest BCUT2D eigenvalue weighted by atomic mass is 10.0. The zero-order chi connectivity index (χ0) is 12.6. The molecule has 0 bridgehead atoms. The highest BCUT2D eigenvalue weighted by atomic mass is 16.5. The summed E-state index contributed by atoms with van der Waals surface area (Å²) in [5.41, 5.74) is 6.49. The third-order valence-corrected chi connectivity index (χ3v) is 3.05. The molecule has 0 aliphatic heterocycles. The number of nitrogens with two attached hydrogens (primary N) is 1. The van der Waals surface area contributed by atoms with Crippen molar-refractivity contribution in [2.45, 2.75) is 18.4 Å². The molecule has 2 rings (SSSR count). The maximum absolute atomic E-state index is 11.5. The van der Waals surface area contributed by atoms with Crippen LogP contribution in [-0.4, -0.2) is 25.3 Å². The summed E-state index contributed by atoms with van der Waals surface area (Å²) in [6, 6.07) is 2.95. The molecule has 17 heavy (non-hydrogen) atoms. The summed E-state index contributed by atoms with van der Waals surface area (Å²) in [6.45, 7) is 0. The van der Waals surface area contributed by atoms with E-state index in [1.54, 1.807) is 6.07 Å². The number of phenols is 1. The average molecular weight is 237 g/mol. The van der Waals surface area contributed by atoms with E-state index in [9.17, 15) is 9.90 Å². The van der Waals surface area contributed by atoms with E-state index in [0.29, 0.717) is 5.75 Å². The smallest absolute Gasteiger partial charge is 0.341 e. The van der Waals surface area contributed by atoms with Crippen LogP contribution in [-0.2, 0) is 10.3 Å². The highest BCUT2D eigenvalue weighted by Gasteiger charge is 2.43. The number of phenolic OH excluding ortho intramolecular Hbond substituents is 1. The Balaban J connectivity index is 2.53. The number of carbonyl (C=O) groups excluding carboxylic acids is 1. The van der Waals surface area contributed by atoms with Crippen molar-refractivity contribution in [3.63, 3.8) is 0 Å². The number of hydrogen-bond donors (Lipinski definition) is 2. The Morgan fingerprint density at radius 3 is 2.53 bits per heavy atom. The molecule has 1 fully saturated rings. The van der Waals surface area contributed by atoms with Crippen LogP contribution in [0.3, 0.4) is 0 Å². The van der Waals surface area contributed by atoms with Crippen molar-refractivity contribution in [3.8, 4) is 11.5 Å². The van der Waals surface area contributed by atoms with Gasteiger partial charge in [0.15, 0.2) is 0 Å². The van der Waals surface area contributed by atoms with Gasteiger partial charge in [0.25, 0.3) is 0 Å². The molecule has 1 aliphatic rings. The summed E-state index contributed by atoms with van der Waals surface area (Å²) in [4.78, 5) is 11.5. The molecule has 5 heteroatoms. The number of carbonyl (C=O) groups is 1. The highest BCUT2D eigenvalue weighted by Crippen LogP contribution is 2.48. The standard InChI is InChI=1S/C12H15NO4/c1-16-10-6-9(14)7(11(15)17-2)5-8(10)12(13)3-4-12/h5-6,14H,3-4,13H2,1-2H3. The minimum absolute atomic E-state index is 0.111. The van der Waals surface area contributed by atoms with Gasteiger partial charge in [-0.1, -0.05) is 0 Å². The van der Waals surface area contributed by atoms with Gasteiger partial charge in [0.2, 0.25) is 0 Å². The van der Waals surface area contributed by atoms with Gasteiger partial charge in [0, 0.05) is 17.2 Å². The van der Waals surface area contributed by atoms with E-state index in [4.69, 9.17) is 10.5 Å². The van der Waals surface area contributed by atoms with Crippen LogP contribution in [0.15, 0.2) is 12.1 Å². The number of rotatable bonds is 3. The second kappa shape index (κ2) is 3.92. The Kier molecular flexibility index (Phi) is 2.71. The molecule has 0 radical (unpaired) electrons. The third-order valence-electron chi connectivity index (χ3n) is 3.05. The SMILES string of the molecule is COC(=O)c1cc(C2(N)CC2)c(OC)cc1O. The predicted octanol–water partition coefficient (Wildman–Crippen LogP) is 1.14. The van der Waals surface area contributed by atoms with Crippen LogP contribution in [0, 0.1) is 0 Å². The Hall–Kier alpha value is -1.75. The number of ether oxygens (including phenoxy) is 2. The quantitative estimate of drug-likeness (QED) is 0.770. The molecular formula is C12H15NO4. The largest absolute Gasteiger partial charge is 0.507 e. The van der Waals surface area contributed by atoms with E-state index in [1.807, 2.05) is 0 Å². The molecule has 3 N–H and O–H groups in total. The van der Waals surface area contributed by atoms with Crippen molar-refractivity contribution in [1.82, 2.24) is 0 Å².